The predicted octanol–water partition coefficient (Wildman–Crippen LogP) is 2.09. The van der Waals surface area contributed by atoms with Gasteiger partial charge in [-0.15, -0.1) is 0 Å². The van der Waals surface area contributed by atoms with Crippen LogP contribution in [0.3, 0.4) is 0 Å². The SMILES string of the molecule is COc1ccc2c(c1)CN[C@H](C(O)CNC(=O)c1ccc(-c3ncnn3C3CC3)cc1)C2. The number of amides is 1. The van der Waals surface area contributed by atoms with E-state index in [0.717, 1.165) is 30.0 Å². The summed E-state index contributed by atoms with van der Waals surface area (Å²) in [6, 6.07) is 13.7. The number of aromatic nitrogens is 3. The molecule has 2 atom stereocenters. The number of carbonyl (C=O) groups is 1. The highest BCUT2D eigenvalue weighted by atomic mass is 16.5. The van der Waals surface area contributed by atoms with Crippen LogP contribution in [-0.4, -0.2) is 51.6 Å². The van der Waals surface area contributed by atoms with Crippen LogP contribution in [0.1, 0.15) is 40.4 Å². The minimum atomic E-state index is -0.689. The van der Waals surface area contributed by atoms with Gasteiger partial charge in [0.2, 0.25) is 0 Å². The number of ether oxygens (including phenoxy) is 1. The molecular formula is C24H27N5O3. The first-order valence-corrected chi connectivity index (χ1v) is 11.0. The molecule has 1 saturated carbocycles. The standard InChI is InChI=1S/C24H27N5O3/c1-32-20-9-6-17-11-21(25-12-18(17)10-20)22(30)13-26-24(31)16-4-2-15(3-5-16)23-27-14-28-29(23)19-7-8-19/h2-6,9-10,14,19,21-22,25,30H,7-8,11-13H2,1H3,(H,26,31)/t21-,22?/m0/s1. The van der Waals surface area contributed by atoms with E-state index in [1.165, 1.54) is 11.1 Å². The van der Waals surface area contributed by atoms with Crippen LogP contribution in [0.15, 0.2) is 48.8 Å². The summed E-state index contributed by atoms with van der Waals surface area (Å²) >= 11 is 0. The Morgan fingerprint density at radius 2 is 2.06 bits per heavy atom. The minimum absolute atomic E-state index is 0.118. The third-order valence-corrected chi connectivity index (χ3v) is 6.22. The van der Waals surface area contributed by atoms with Crippen molar-refractivity contribution in [1.82, 2.24) is 25.4 Å². The summed E-state index contributed by atoms with van der Waals surface area (Å²) in [6.07, 6.45) is 3.85. The number of nitrogens with one attached hydrogen (secondary N) is 2. The average Bonchev–Trinajstić information content (AvgIpc) is 3.57. The van der Waals surface area contributed by atoms with E-state index in [0.29, 0.717) is 24.6 Å². The summed E-state index contributed by atoms with van der Waals surface area (Å²) in [5.41, 5.74) is 3.85. The van der Waals surface area contributed by atoms with Gasteiger partial charge in [0, 0.05) is 30.3 Å². The molecule has 1 aliphatic heterocycles. The maximum absolute atomic E-state index is 12.6. The predicted molar refractivity (Wildman–Crippen MR) is 119 cm³/mol. The van der Waals surface area contributed by atoms with Gasteiger partial charge in [-0.3, -0.25) is 4.79 Å². The number of hydrogen-bond donors (Lipinski definition) is 3. The van der Waals surface area contributed by atoms with Crippen LogP contribution in [0.2, 0.25) is 0 Å². The lowest BCUT2D eigenvalue weighted by molar-refractivity contribution is 0.0870. The van der Waals surface area contributed by atoms with Gasteiger partial charge in [0.25, 0.3) is 5.91 Å². The number of aliphatic hydroxyl groups is 1. The first-order valence-electron chi connectivity index (χ1n) is 11.0. The number of fused-ring (bicyclic) bond motifs is 1. The second kappa shape index (κ2) is 8.72. The molecule has 5 rings (SSSR count). The van der Waals surface area contributed by atoms with Gasteiger partial charge in [-0.05, 0) is 54.7 Å². The van der Waals surface area contributed by atoms with Crippen molar-refractivity contribution in [2.75, 3.05) is 13.7 Å². The molecule has 3 N–H and O–H groups in total. The number of hydrogen-bond acceptors (Lipinski definition) is 6. The number of benzene rings is 2. The van der Waals surface area contributed by atoms with Crippen LogP contribution >= 0.6 is 0 Å². The summed E-state index contributed by atoms with van der Waals surface area (Å²) in [4.78, 5) is 17.0. The van der Waals surface area contributed by atoms with Crippen LogP contribution in [0.5, 0.6) is 5.75 Å². The van der Waals surface area contributed by atoms with E-state index in [1.807, 2.05) is 35.0 Å². The Kier molecular flexibility index (Phi) is 5.63. The molecule has 32 heavy (non-hydrogen) atoms. The van der Waals surface area contributed by atoms with E-state index in [2.05, 4.69) is 20.7 Å². The van der Waals surface area contributed by atoms with E-state index < -0.39 is 6.10 Å². The molecule has 1 fully saturated rings. The maximum Gasteiger partial charge on any atom is 0.251 e. The first kappa shape index (κ1) is 20.7. The molecule has 1 aromatic heterocycles. The Labute approximate surface area is 186 Å². The van der Waals surface area contributed by atoms with E-state index in [1.54, 1.807) is 25.6 Å². The van der Waals surface area contributed by atoms with Crippen LogP contribution in [0.25, 0.3) is 11.4 Å². The molecule has 8 nitrogen and oxygen atoms in total. The van der Waals surface area contributed by atoms with Crippen molar-refractivity contribution >= 4 is 5.91 Å². The van der Waals surface area contributed by atoms with Gasteiger partial charge in [0.15, 0.2) is 5.82 Å². The zero-order valence-corrected chi connectivity index (χ0v) is 18.0. The van der Waals surface area contributed by atoms with Gasteiger partial charge in [0.1, 0.15) is 12.1 Å². The van der Waals surface area contributed by atoms with Crippen molar-refractivity contribution in [3.05, 3.63) is 65.5 Å². The molecule has 166 valence electrons. The number of methoxy groups -OCH3 is 1. The van der Waals surface area contributed by atoms with Crippen LogP contribution in [0, 0.1) is 0 Å². The maximum atomic E-state index is 12.6. The van der Waals surface area contributed by atoms with Crippen molar-refractivity contribution < 1.29 is 14.6 Å². The van der Waals surface area contributed by atoms with Gasteiger partial charge in [0.05, 0.1) is 19.3 Å². The molecule has 0 spiro atoms. The fourth-order valence-electron chi connectivity index (χ4n) is 4.17. The Balaban J connectivity index is 1.17. The molecule has 1 amide bonds. The number of rotatable bonds is 7. The summed E-state index contributed by atoms with van der Waals surface area (Å²) in [5.74, 6) is 1.45. The molecule has 8 heteroatoms. The Bertz CT molecular complexity index is 1110. The number of nitrogens with zero attached hydrogens (tertiary/aromatic N) is 3. The zero-order valence-electron chi connectivity index (χ0n) is 18.0. The Morgan fingerprint density at radius 3 is 2.81 bits per heavy atom. The molecule has 3 aromatic rings. The normalized spacial score (nSPS) is 18.6. The zero-order chi connectivity index (χ0) is 22.1. The van der Waals surface area contributed by atoms with Crippen LogP contribution in [0.4, 0.5) is 0 Å². The second-order valence-corrected chi connectivity index (χ2v) is 8.44. The molecule has 2 aromatic carbocycles. The summed E-state index contributed by atoms with van der Waals surface area (Å²) in [5, 5.41) is 21.2. The Morgan fingerprint density at radius 1 is 1.25 bits per heavy atom. The minimum Gasteiger partial charge on any atom is -0.497 e. The van der Waals surface area contributed by atoms with Crippen molar-refractivity contribution in [1.29, 1.82) is 0 Å². The quantitative estimate of drug-likeness (QED) is 0.528. The topological polar surface area (TPSA) is 101 Å². The van der Waals surface area contributed by atoms with Crippen molar-refractivity contribution in [2.45, 2.75) is 44.0 Å². The van der Waals surface area contributed by atoms with E-state index >= 15 is 0 Å². The average molecular weight is 434 g/mol. The van der Waals surface area contributed by atoms with Crippen molar-refractivity contribution in [3.8, 4) is 17.1 Å². The second-order valence-electron chi connectivity index (χ2n) is 8.44. The van der Waals surface area contributed by atoms with E-state index in [4.69, 9.17) is 4.74 Å². The van der Waals surface area contributed by atoms with Crippen LogP contribution < -0.4 is 15.4 Å². The summed E-state index contributed by atoms with van der Waals surface area (Å²) in [6.45, 7) is 0.842. The van der Waals surface area contributed by atoms with Gasteiger partial charge < -0.3 is 20.5 Å². The lowest BCUT2D eigenvalue weighted by atomic mass is 9.92. The third kappa shape index (κ3) is 4.24. The fraction of sp³-hybridized carbons (Fsp3) is 0.375. The number of aliphatic hydroxyl groups excluding tert-OH is 1. The van der Waals surface area contributed by atoms with Gasteiger partial charge in [-0.25, -0.2) is 9.67 Å². The molecule has 0 radical (unpaired) electrons. The Hall–Kier alpha value is -3.23. The molecule has 1 aliphatic carbocycles. The van der Waals surface area contributed by atoms with Crippen molar-refractivity contribution in [3.63, 3.8) is 0 Å². The monoisotopic (exact) mass is 433 g/mol. The lowest BCUT2D eigenvalue weighted by Crippen LogP contribution is -2.49. The molecule has 0 saturated heterocycles. The lowest BCUT2D eigenvalue weighted by Gasteiger charge is -2.30. The number of carbonyl (C=O) groups excluding carboxylic acids is 1. The van der Waals surface area contributed by atoms with Crippen molar-refractivity contribution in [2.24, 2.45) is 0 Å². The summed E-state index contributed by atoms with van der Waals surface area (Å²) in [7, 11) is 1.65. The van der Waals surface area contributed by atoms with Gasteiger partial charge >= 0.3 is 0 Å². The van der Waals surface area contributed by atoms with E-state index in [9.17, 15) is 9.90 Å². The highest BCUT2D eigenvalue weighted by Gasteiger charge is 2.28. The fourth-order valence-corrected chi connectivity index (χ4v) is 4.17. The summed E-state index contributed by atoms with van der Waals surface area (Å²) < 4.78 is 7.23. The molecule has 2 heterocycles. The van der Waals surface area contributed by atoms with Gasteiger partial charge in [-0.1, -0.05) is 18.2 Å². The highest BCUT2D eigenvalue weighted by Crippen LogP contribution is 2.36. The molecular weight excluding hydrogens is 406 g/mol. The highest BCUT2D eigenvalue weighted by molar-refractivity contribution is 5.94. The first-order chi connectivity index (χ1) is 15.6. The smallest absolute Gasteiger partial charge is 0.251 e. The van der Waals surface area contributed by atoms with Gasteiger partial charge in [-0.2, -0.15) is 5.10 Å². The largest absolute Gasteiger partial charge is 0.497 e. The van der Waals surface area contributed by atoms with E-state index in [-0.39, 0.29) is 18.5 Å². The molecule has 1 unspecified atom stereocenters. The molecule has 2 aliphatic rings. The molecule has 0 bridgehead atoms. The third-order valence-electron chi connectivity index (χ3n) is 6.22. The van der Waals surface area contributed by atoms with Crippen LogP contribution in [-0.2, 0) is 13.0 Å².